The van der Waals surface area contributed by atoms with Crippen molar-refractivity contribution in [3.05, 3.63) is 17.8 Å². The maximum atomic E-state index is 11.9. The molecule has 92 valence electrons. The van der Waals surface area contributed by atoms with Crippen LogP contribution in [-0.4, -0.2) is 52.9 Å². The minimum Gasteiger partial charge on any atom is -0.339 e. The summed E-state index contributed by atoms with van der Waals surface area (Å²) in [5, 5.41) is 12.0. The molecule has 0 atom stereocenters. The van der Waals surface area contributed by atoms with Crippen LogP contribution in [0.5, 0.6) is 0 Å². The fourth-order valence-electron chi connectivity index (χ4n) is 1.60. The summed E-state index contributed by atoms with van der Waals surface area (Å²) in [5.41, 5.74) is 0.891. The highest BCUT2D eigenvalue weighted by Crippen LogP contribution is 2.14. The summed E-state index contributed by atoms with van der Waals surface area (Å²) in [5.74, 6) is 0.622. The summed E-state index contributed by atoms with van der Waals surface area (Å²) < 4.78 is 0. The summed E-state index contributed by atoms with van der Waals surface area (Å²) in [6, 6.07) is 3.81. The minimum absolute atomic E-state index is 0.180. The Hall–Kier alpha value is -1.14. The van der Waals surface area contributed by atoms with E-state index in [-0.39, 0.29) is 5.91 Å². The molecule has 1 N–H and O–H groups in total. The highest BCUT2D eigenvalue weighted by Gasteiger charge is 2.16. The second-order valence-corrected chi connectivity index (χ2v) is 4.93. The molecule has 1 saturated heterocycles. The summed E-state index contributed by atoms with van der Waals surface area (Å²) in [6.45, 7) is 5.28. The fraction of sp³-hybridized carbons (Fsp3) is 0.545. The molecule has 2 heterocycles. The first-order valence-electron chi connectivity index (χ1n) is 5.67. The van der Waals surface area contributed by atoms with Crippen LogP contribution in [0.15, 0.2) is 17.2 Å². The van der Waals surface area contributed by atoms with Gasteiger partial charge in [-0.05, 0) is 19.1 Å². The second kappa shape index (κ2) is 5.97. The van der Waals surface area contributed by atoms with Crippen LogP contribution in [0.25, 0.3) is 0 Å². The third-order valence-corrected chi connectivity index (χ3v) is 3.49. The van der Waals surface area contributed by atoms with Crippen molar-refractivity contribution in [2.45, 2.75) is 11.9 Å². The second-order valence-electron chi connectivity index (χ2n) is 3.93. The van der Waals surface area contributed by atoms with Crippen LogP contribution < -0.4 is 5.32 Å². The lowest BCUT2D eigenvalue weighted by atomic mass is 10.3. The van der Waals surface area contributed by atoms with Gasteiger partial charge in [0.15, 0.2) is 0 Å². The third-order valence-electron chi connectivity index (χ3n) is 2.59. The van der Waals surface area contributed by atoms with Crippen LogP contribution in [0.2, 0.25) is 0 Å². The van der Waals surface area contributed by atoms with Gasteiger partial charge in [0.1, 0.15) is 5.03 Å². The number of aromatic nitrogens is 2. The number of amides is 1. The van der Waals surface area contributed by atoms with Crippen molar-refractivity contribution in [2.75, 3.05) is 31.9 Å². The van der Waals surface area contributed by atoms with Crippen molar-refractivity contribution >= 4 is 17.7 Å². The molecule has 1 fully saturated rings. The smallest absolute Gasteiger partial charge is 0.233 e. The minimum atomic E-state index is 0.180. The van der Waals surface area contributed by atoms with Crippen molar-refractivity contribution < 1.29 is 4.79 Å². The average Bonchev–Trinajstić information content (AvgIpc) is 2.39. The van der Waals surface area contributed by atoms with Gasteiger partial charge in [0.05, 0.1) is 11.4 Å². The lowest BCUT2D eigenvalue weighted by molar-refractivity contribution is -0.128. The van der Waals surface area contributed by atoms with Crippen LogP contribution in [-0.2, 0) is 4.79 Å². The monoisotopic (exact) mass is 252 g/mol. The van der Waals surface area contributed by atoms with Gasteiger partial charge >= 0.3 is 0 Å². The van der Waals surface area contributed by atoms with Gasteiger partial charge in [0.25, 0.3) is 0 Å². The van der Waals surface area contributed by atoms with Gasteiger partial charge in [-0.2, -0.15) is 5.10 Å². The Kier molecular flexibility index (Phi) is 4.33. The normalized spacial score (nSPS) is 15.9. The number of aryl methyl sites for hydroxylation is 1. The van der Waals surface area contributed by atoms with Gasteiger partial charge in [-0.15, -0.1) is 5.10 Å². The first-order chi connectivity index (χ1) is 8.25. The van der Waals surface area contributed by atoms with Crippen LogP contribution in [0.1, 0.15) is 5.69 Å². The molecule has 1 aliphatic heterocycles. The Morgan fingerprint density at radius 3 is 2.82 bits per heavy atom. The van der Waals surface area contributed by atoms with Crippen molar-refractivity contribution in [3.8, 4) is 0 Å². The van der Waals surface area contributed by atoms with E-state index in [1.807, 2.05) is 24.0 Å². The zero-order chi connectivity index (χ0) is 12.1. The molecule has 1 aromatic heterocycles. The van der Waals surface area contributed by atoms with Crippen molar-refractivity contribution in [2.24, 2.45) is 0 Å². The van der Waals surface area contributed by atoms with Gasteiger partial charge in [-0.3, -0.25) is 4.79 Å². The number of rotatable bonds is 3. The predicted molar refractivity (Wildman–Crippen MR) is 66.9 cm³/mol. The molecule has 17 heavy (non-hydrogen) atoms. The molecule has 1 amide bonds. The van der Waals surface area contributed by atoms with Crippen LogP contribution in [0.4, 0.5) is 0 Å². The first-order valence-corrected chi connectivity index (χ1v) is 6.66. The zero-order valence-electron chi connectivity index (χ0n) is 9.85. The molecule has 0 aromatic carbocycles. The van der Waals surface area contributed by atoms with E-state index in [1.165, 1.54) is 11.8 Å². The number of carbonyl (C=O) groups excluding carboxylic acids is 1. The van der Waals surface area contributed by atoms with Gasteiger partial charge in [-0.1, -0.05) is 11.8 Å². The number of thioether (sulfide) groups is 1. The molecule has 1 aliphatic rings. The number of nitrogens with one attached hydrogen (secondary N) is 1. The van der Waals surface area contributed by atoms with Crippen molar-refractivity contribution in [3.63, 3.8) is 0 Å². The Morgan fingerprint density at radius 1 is 1.41 bits per heavy atom. The molecule has 0 bridgehead atoms. The zero-order valence-corrected chi connectivity index (χ0v) is 10.7. The van der Waals surface area contributed by atoms with E-state index in [0.29, 0.717) is 5.75 Å². The lowest BCUT2D eigenvalue weighted by Crippen LogP contribution is -2.47. The summed E-state index contributed by atoms with van der Waals surface area (Å²) in [7, 11) is 0. The Morgan fingerprint density at radius 2 is 2.18 bits per heavy atom. The van der Waals surface area contributed by atoms with Gasteiger partial charge in [0, 0.05) is 26.2 Å². The molecule has 0 aliphatic carbocycles. The van der Waals surface area contributed by atoms with Crippen LogP contribution >= 0.6 is 11.8 Å². The Bertz CT molecular complexity index is 376. The molecule has 0 spiro atoms. The van der Waals surface area contributed by atoms with Crippen molar-refractivity contribution in [1.29, 1.82) is 0 Å². The van der Waals surface area contributed by atoms with E-state index >= 15 is 0 Å². The van der Waals surface area contributed by atoms with Gasteiger partial charge in [-0.25, -0.2) is 0 Å². The molecule has 5 nitrogen and oxygen atoms in total. The largest absolute Gasteiger partial charge is 0.339 e. The molecule has 0 radical (unpaired) electrons. The summed E-state index contributed by atoms with van der Waals surface area (Å²) >= 11 is 1.45. The molecule has 2 rings (SSSR count). The maximum absolute atomic E-state index is 11.9. The molecule has 6 heteroatoms. The predicted octanol–water partition coefficient (Wildman–Crippen LogP) is 0.309. The standard InChI is InChI=1S/C11H16N4OS/c1-9-2-3-10(14-13-9)17-8-11(16)15-6-4-12-5-7-15/h2-3,12H,4-8H2,1H3. The SMILES string of the molecule is Cc1ccc(SCC(=O)N2CCNCC2)nn1. The van der Waals surface area contributed by atoms with Gasteiger partial charge < -0.3 is 10.2 Å². The molecular weight excluding hydrogens is 236 g/mol. The van der Waals surface area contributed by atoms with E-state index in [0.717, 1.165) is 36.9 Å². The fourth-order valence-corrected chi connectivity index (χ4v) is 2.32. The highest BCUT2D eigenvalue weighted by molar-refractivity contribution is 7.99. The topological polar surface area (TPSA) is 58.1 Å². The number of carbonyl (C=O) groups is 1. The van der Waals surface area contributed by atoms with Crippen molar-refractivity contribution in [1.82, 2.24) is 20.4 Å². The number of nitrogens with zero attached hydrogens (tertiary/aromatic N) is 3. The first kappa shape index (κ1) is 12.3. The summed E-state index contributed by atoms with van der Waals surface area (Å²) in [6.07, 6.45) is 0. The van der Waals surface area contributed by atoms with Gasteiger partial charge in [0.2, 0.25) is 5.91 Å². The van der Waals surface area contributed by atoms with E-state index in [9.17, 15) is 4.79 Å². The quantitative estimate of drug-likeness (QED) is 0.785. The number of hydrogen-bond donors (Lipinski definition) is 1. The highest BCUT2D eigenvalue weighted by atomic mass is 32.2. The Labute approximate surface area is 105 Å². The third kappa shape index (κ3) is 3.67. The van der Waals surface area contributed by atoms with E-state index in [1.54, 1.807) is 0 Å². The number of hydrogen-bond acceptors (Lipinski definition) is 5. The van der Waals surface area contributed by atoms with E-state index in [2.05, 4.69) is 15.5 Å². The molecule has 0 unspecified atom stereocenters. The molecule has 1 aromatic rings. The Balaban J connectivity index is 1.81. The van der Waals surface area contributed by atoms with Crippen LogP contribution in [0.3, 0.4) is 0 Å². The number of piperazine rings is 1. The summed E-state index contributed by atoms with van der Waals surface area (Å²) in [4.78, 5) is 13.8. The van der Waals surface area contributed by atoms with E-state index < -0.39 is 0 Å². The molecular formula is C11H16N4OS. The van der Waals surface area contributed by atoms with E-state index in [4.69, 9.17) is 0 Å². The van der Waals surface area contributed by atoms with Crippen LogP contribution in [0, 0.1) is 6.92 Å². The molecule has 0 saturated carbocycles. The average molecular weight is 252 g/mol. The lowest BCUT2D eigenvalue weighted by Gasteiger charge is -2.27. The maximum Gasteiger partial charge on any atom is 0.233 e.